The third kappa shape index (κ3) is 3.68. The summed E-state index contributed by atoms with van der Waals surface area (Å²) in [6, 6.07) is 5.16. The van der Waals surface area contributed by atoms with Gasteiger partial charge in [0.15, 0.2) is 0 Å². The molecule has 2 nitrogen and oxygen atoms in total. The van der Waals surface area contributed by atoms with Crippen LogP contribution in [0, 0.1) is 0 Å². The van der Waals surface area contributed by atoms with Gasteiger partial charge in [-0.3, -0.25) is 4.79 Å². The Morgan fingerprint density at radius 1 is 1.60 bits per heavy atom. The maximum absolute atomic E-state index is 10.5. The van der Waals surface area contributed by atoms with Crippen molar-refractivity contribution in [2.45, 2.75) is 6.92 Å². The third-order valence-electron chi connectivity index (χ3n) is 1.73. The van der Waals surface area contributed by atoms with Gasteiger partial charge in [-0.2, -0.15) is 0 Å². The lowest BCUT2D eigenvalue weighted by atomic mass is 10.2. The highest BCUT2D eigenvalue weighted by Crippen LogP contribution is 2.25. The summed E-state index contributed by atoms with van der Waals surface area (Å²) >= 11 is 8.83. The van der Waals surface area contributed by atoms with Gasteiger partial charge in [-0.05, 0) is 46.6 Å². The second kappa shape index (κ2) is 5.93. The average molecular weight is 290 g/mol. The fourth-order valence-electron chi connectivity index (χ4n) is 0.931. The molecule has 0 aliphatic heterocycles. The van der Waals surface area contributed by atoms with Gasteiger partial charge < -0.3 is 4.74 Å². The zero-order chi connectivity index (χ0) is 11.3. The maximum Gasteiger partial charge on any atom is 0.150 e. The normalized spacial score (nSPS) is 11.3. The first-order valence-corrected chi connectivity index (χ1v) is 5.53. The molecule has 0 atom stereocenters. The first-order valence-electron chi connectivity index (χ1n) is 4.30. The van der Waals surface area contributed by atoms with Crippen LogP contribution in [0.5, 0.6) is 5.75 Å². The van der Waals surface area contributed by atoms with Gasteiger partial charge in [-0.1, -0.05) is 11.6 Å². The van der Waals surface area contributed by atoms with Crippen LogP contribution in [0.1, 0.15) is 17.3 Å². The topological polar surface area (TPSA) is 26.3 Å². The summed E-state index contributed by atoms with van der Waals surface area (Å²) in [6.07, 6.45) is 0.790. The predicted molar refractivity (Wildman–Crippen MR) is 64.6 cm³/mol. The zero-order valence-electron chi connectivity index (χ0n) is 8.17. The van der Waals surface area contributed by atoms with E-state index in [2.05, 4.69) is 15.9 Å². The molecule has 15 heavy (non-hydrogen) atoms. The summed E-state index contributed by atoms with van der Waals surface area (Å²) in [5, 5.41) is 0. The molecule has 0 aliphatic rings. The summed E-state index contributed by atoms with van der Waals surface area (Å²) < 4.78 is 6.23. The van der Waals surface area contributed by atoms with Crippen molar-refractivity contribution in [1.82, 2.24) is 0 Å². The van der Waals surface area contributed by atoms with E-state index in [9.17, 15) is 4.79 Å². The number of rotatable bonds is 4. The summed E-state index contributed by atoms with van der Waals surface area (Å²) in [6.45, 7) is 2.31. The highest BCUT2D eigenvalue weighted by Gasteiger charge is 2.02. The number of benzene rings is 1. The number of halogens is 2. The largest absolute Gasteiger partial charge is 0.488 e. The Balaban J connectivity index is 2.74. The Morgan fingerprint density at radius 3 is 2.87 bits per heavy atom. The lowest BCUT2D eigenvalue weighted by Crippen LogP contribution is -1.99. The van der Waals surface area contributed by atoms with Crippen LogP contribution >= 0.6 is 27.5 Å². The molecule has 0 radical (unpaired) electrons. The van der Waals surface area contributed by atoms with E-state index < -0.39 is 0 Å². The zero-order valence-corrected chi connectivity index (χ0v) is 10.5. The van der Waals surface area contributed by atoms with Gasteiger partial charge in [0.2, 0.25) is 0 Å². The molecule has 0 aliphatic carbocycles. The third-order valence-corrected chi connectivity index (χ3v) is 2.73. The Labute approximate surface area is 102 Å². The van der Waals surface area contributed by atoms with Crippen LogP contribution < -0.4 is 4.74 Å². The molecular formula is C11H10BrClO2. The van der Waals surface area contributed by atoms with Crippen LogP contribution in [0.25, 0.3) is 0 Å². The van der Waals surface area contributed by atoms with E-state index >= 15 is 0 Å². The number of hydrogen-bond acceptors (Lipinski definition) is 2. The predicted octanol–water partition coefficient (Wildman–Crippen LogP) is 3.78. The lowest BCUT2D eigenvalue weighted by Gasteiger charge is -2.08. The fourth-order valence-corrected chi connectivity index (χ4v) is 1.50. The van der Waals surface area contributed by atoms with Crippen LogP contribution in [0.3, 0.4) is 0 Å². The lowest BCUT2D eigenvalue weighted by molar-refractivity contribution is 0.112. The first kappa shape index (κ1) is 12.3. The van der Waals surface area contributed by atoms with E-state index in [-0.39, 0.29) is 0 Å². The first-order chi connectivity index (χ1) is 7.17. The molecule has 1 rings (SSSR count). The van der Waals surface area contributed by atoms with Crippen molar-refractivity contribution in [1.29, 1.82) is 0 Å². The van der Waals surface area contributed by atoms with E-state index in [1.54, 1.807) is 18.2 Å². The molecule has 0 aromatic heterocycles. The van der Waals surface area contributed by atoms with Crippen LogP contribution in [0.2, 0.25) is 0 Å². The van der Waals surface area contributed by atoms with Gasteiger partial charge in [-0.25, -0.2) is 0 Å². The van der Waals surface area contributed by atoms with Crippen molar-refractivity contribution < 1.29 is 9.53 Å². The van der Waals surface area contributed by atoms with E-state index in [0.717, 1.165) is 16.3 Å². The molecule has 0 heterocycles. The summed E-state index contributed by atoms with van der Waals surface area (Å²) in [7, 11) is 0. The quantitative estimate of drug-likeness (QED) is 0.789. The van der Waals surface area contributed by atoms with Crippen LogP contribution in [-0.2, 0) is 0 Å². The van der Waals surface area contributed by atoms with Crippen molar-refractivity contribution in [3.63, 3.8) is 0 Å². The molecule has 0 saturated carbocycles. The summed E-state index contributed by atoms with van der Waals surface area (Å²) in [5.41, 5.74) is 3.02. The molecular weight excluding hydrogens is 279 g/mol. The molecule has 0 amide bonds. The second-order valence-electron chi connectivity index (χ2n) is 3.05. The van der Waals surface area contributed by atoms with Crippen molar-refractivity contribution in [3.05, 3.63) is 39.3 Å². The SMILES string of the molecule is C/C(=C/Cl)COc1ccc(C=O)cc1Br. The van der Waals surface area contributed by atoms with Crippen LogP contribution in [0.4, 0.5) is 0 Å². The molecule has 0 fully saturated rings. The molecule has 0 N–H and O–H groups in total. The molecule has 1 aromatic rings. The Kier molecular flexibility index (Phi) is 4.85. The minimum Gasteiger partial charge on any atom is -0.488 e. The number of carbonyl (C=O) groups is 1. The monoisotopic (exact) mass is 288 g/mol. The van der Waals surface area contributed by atoms with Gasteiger partial charge in [0.25, 0.3) is 0 Å². The molecule has 0 bridgehead atoms. The summed E-state index contributed by atoms with van der Waals surface area (Å²) in [4.78, 5) is 10.5. The van der Waals surface area contributed by atoms with Crippen molar-refractivity contribution in [2.24, 2.45) is 0 Å². The minimum atomic E-state index is 0.433. The van der Waals surface area contributed by atoms with E-state index in [1.807, 2.05) is 6.92 Å². The number of ether oxygens (including phenoxy) is 1. The van der Waals surface area contributed by atoms with Gasteiger partial charge in [0.05, 0.1) is 4.47 Å². The van der Waals surface area contributed by atoms with Gasteiger partial charge in [0.1, 0.15) is 18.6 Å². The van der Waals surface area contributed by atoms with Crippen molar-refractivity contribution in [3.8, 4) is 5.75 Å². The standard InChI is InChI=1S/C11H10BrClO2/c1-8(5-13)7-15-11-3-2-9(6-14)4-10(11)12/h2-6H,7H2,1H3/b8-5-. The minimum absolute atomic E-state index is 0.433. The second-order valence-corrected chi connectivity index (χ2v) is 4.12. The fraction of sp³-hybridized carbons (Fsp3) is 0.182. The van der Waals surface area contributed by atoms with Crippen LogP contribution in [0.15, 0.2) is 33.8 Å². The maximum atomic E-state index is 10.5. The number of aldehydes is 1. The van der Waals surface area contributed by atoms with Gasteiger partial charge >= 0.3 is 0 Å². The summed E-state index contributed by atoms with van der Waals surface area (Å²) in [5.74, 6) is 0.693. The Morgan fingerprint density at radius 2 is 2.33 bits per heavy atom. The van der Waals surface area contributed by atoms with E-state index in [0.29, 0.717) is 17.9 Å². The number of hydrogen-bond donors (Lipinski definition) is 0. The van der Waals surface area contributed by atoms with Gasteiger partial charge in [-0.15, -0.1) is 0 Å². The molecule has 4 heteroatoms. The Bertz CT molecular complexity index is 388. The average Bonchev–Trinajstić information content (AvgIpc) is 2.26. The van der Waals surface area contributed by atoms with E-state index in [1.165, 1.54) is 5.54 Å². The highest BCUT2D eigenvalue weighted by molar-refractivity contribution is 9.10. The molecule has 1 aromatic carbocycles. The smallest absolute Gasteiger partial charge is 0.150 e. The Hall–Kier alpha value is -0.800. The van der Waals surface area contributed by atoms with Crippen molar-refractivity contribution >= 4 is 33.8 Å². The van der Waals surface area contributed by atoms with Gasteiger partial charge in [0, 0.05) is 11.1 Å². The number of carbonyl (C=O) groups excluding carboxylic acids is 1. The van der Waals surface area contributed by atoms with E-state index in [4.69, 9.17) is 16.3 Å². The van der Waals surface area contributed by atoms with Crippen molar-refractivity contribution in [2.75, 3.05) is 6.61 Å². The van der Waals surface area contributed by atoms with Crippen LogP contribution in [-0.4, -0.2) is 12.9 Å². The molecule has 80 valence electrons. The highest BCUT2D eigenvalue weighted by atomic mass is 79.9. The molecule has 0 unspecified atom stereocenters. The molecule has 0 spiro atoms. The molecule has 0 saturated heterocycles.